The first-order valence-corrected chi connectivity index (χ1v) is 6.38. The number of rotatable bonds is 4. The predicted molar refractivity (Wildman–Crippen MR) is 77.2 cm³/mol. The van der Waals surface area contributed by atoms with Crippen LogP contribution < -0.4 is 4.59 Å². The molecule has 1 fully saturated rings. The van der Waals surface area contributed by atoms with Crippen LogP contribution in [0.3, 0.4) is 0 Å². The zero-order valence-corrected chi connectivity index (χ0v) is 12.4. The third-order valence-electron chi connectivity index (χ3n) is 3.16. The fourth-order valence-corrected chi connectivity index (χ4v) is 2.05. The van der Waals surface area contributed by atoms with Gasteiger partial charge in [-0.05, 0) is 6.92 Å². The Bertz CT molecular complexity index is 865. The first kappa shape index (κ1) is 17.3. The molecule has 25 heavy (non-hydrogen) atoms. The maximum Gasteiger partial charge on any atom is 0.491 e. The number of imide groups is 3. The van der Waals surface area contributed by atoms with Crippen LogP contribution in [0.5, 0.6) is 0 Å². The van der Waals surface area contributed by atoms with Crippen molar-refractivity contribution in [3.05, 3.63) is 29.8 Å². The molecule has 12 heteroatoms. The fraction of sp³-hybridized carbons (Fsp3) is 0.0769. The summed E-state index contributed by atoms with van der Waals surface area (Å²) in [5.74, 6) is 0. The number of urea groups is 3. The van der Waals surface area contributed by atoms with Gasteiger partial charge in [-0.15, -0.1) is 0 Å². The van der Waals surface area contributed by atoms with E-state index in [4.69, 9.17) is 0 Å². The van der Waals surface area contributed by atoms with E-state index in [0.29, 0.717) is 0 Å². The number of carbonyl (C=O) groups is 3. The molecule has 1 saturated heterocycles. The molecule has 124 valence electrons. The molecule has 1 aliphatic heterocycles. The Hall–Kier alpha value is -4.07. The largest absolute Gasteiger partial charge is 0.491 e. The first-order valence-electron chi connectivity index (χ1n) is 6.38. The number of hydrogen-bond donors (Lipinski definition) is 0. The molecular formula is C13H7N6O6+. The van der Waals surface area contributed by atoms with E-state index in [-0.39, 0.29) is 15.7 Å². The smallest absolute Gasteiger partial charge is 0.243 e. The topological polar surface area (TPSA) is 146 Å². The Labute approximate surface area is 138 Å². The average molecular weight is 343 g/mol. The summed E-state index contributed by atoms with van der Waals surface area (Å²) in [6.07, 6.45) is 2.95. The van der Waals surface area contributed by atoms with Crippen molar-refractivity contribution in [3.8, 4) is 0 Å². The molecule has 12 nitrogen and oxygen atoms in total. The maximum atomic E-state index is 12.6. The van der Waals surface area contributed by atoms with E-state index < -0.39 is 22.7 Å². The highest BCUT2D eigenvalue weighted by Gasteiger charge is 2.64. The van der Waals surface area contributed by atoms with Gasteiger partial charge in [-0.25, -0.2) is 28.8 Å². The van der Waals surface area contributed by atoms with Crippen LogP contribution in [0, 0.1) is 6.92 Å². The third-order valence-corrected chi connectivity index (χ3v) is 3.16. The first-order chi connectivity index (χ1) is 11.9. The Morgan fingerprint density at radius 3 is 1.72 bits per heavy atom. The molecular weight excluding hydrogens is 336 g/mol. The van der Waals surface area contributed by atoms with Gasteiger partial charge in [0.1, 0.15) is 0 Å². The van der Waals surface area contributed by atoms with E-state index in [1.807, 2.05) is 0 Å². The number of hydrogen-bond acceptors (Lipinski definition) is 9. The summed E-state index contributed by atoms with van der Waals surface area (Å²) in [6, 6.07) is 1.02. The highest BCUT2D eigenvalue weighted by atomic mass is 16.3. The van der Waals surface area contributed by atoms with E-state index >= 15 is 0 Å². The molecule has 1 aromatic rings. The van der Waals surface area contributed by atoms with E-state index in [1.54, 1.807) is 6.92 Å². The maximum absolute atomic E-state index is 12.6. The lowest BCUT2D eigenvalue weighted by Gasteiger charge is -2.32. The molecule has 1 aliphatic rings. The minimum atomic E-state index is -1.79. The van der Waals surface area contributed by atoms with Crippen molar-refractivity contribution in [2.45, 2.75) is 6.92 Å². The van der Waals surface area contributed by atoms with Crippen LogP contribution in [-0.2, 0) is 14.4 Å². The quantitative estimate of drug-likeness (QED) is 0.453. The summed E-state index contributed by atoms with van der Waals surface area (Å²) in [7, 11) is 0. The molecule has 0 unspecified atom stereocenters. The number of nitrogens with zero attached hydrogens (tertiary/aromatic N) is 6. The number of benzene rings is 1. The standard InChI is InChI=1S/C13H7N6O6/c1-9-2-4-10(5-3-9)19(16-8-22)12(24)17(14-6-20)11(23)18(13(19)25)15-7-21/h2-5H,1H3/q+1. The second-order valence-corrected chi connectivity index (χ2v) is 4.52. The van der Waals surface area contributed by atoms with E-state index in [2.05, 4.69) is 15.3 Å². The molecule has 0 bridgehead atoms. The van der Waals surface area contributed by atoms with E-state index in [0.717, 1.165) is 23.8 Å². The van der Waals surface area contributed by atoms with Crippen molar-refractivity contribution >= 4 is 42.0 Å². The van der Waals surface area contributed by atoms with Crippen molar-refractivity contribution in [1.29, 1.82) is 0 Å². The van der Waals surface area contributed by atoms with Crippen molar-refractivity contribution in [1.82, 2.24) is 14.6 Å². The number of carbonyl (C=O) groups excluding carboxylic acids is 6. The number of amides is 6. The van der Waals surface area contributed by atoms with E-state index in [9.17, 15) is 28.8 Å². The molecule has 0 spiro atoms. The summed E-state index contributed by atoms with van der Waals surface area (Å²) in [5.41, 5.74) is 0.559. The fourth-order valence-electron chi connectivity index (χ4n) is 2.05. The van der Waals surface area contributed by atoms with Gasteiger partial charge in [0.15, 0.2) is 5.69 Å². The Balaban J connectivity index is 2.84. The van der Waals surface area contributed by atoms with E-state index in [1.165, 1.54) is 24.3 Å². The Morgan fingerprint density at radius 1 is 0.840 bits per heavy atom. The van der Waals surface area contributed by atoms with Crippen LogP contribution in [0.25, 0.3) is 0 Å². The van der Waals surface area contributed by atoms with Crippen LogP contribution in [-0.4, -0.2) is 46.4 Å². The van der Waals surface area contributed by atoms with Crippen LogP contribution in [0.15, 0.2) is 39.6 Å². The molecule has 0 saturated carbocycles. The third kappa shape index (κ3) is 2.57. The lowest BCUT2D eigenvalue weighted by Crippen LogP contribution is -2.70. The van der Waals surface area contributed by atoms with Gasteiger partial charge >= 0.3 is 18.1 Å². The van der Waals surface area contributed by atoms with Crippen LogP contribution >= 0.6 is 0 Å². The second kappa shape index (κ2) is 6.59. The summed E-state index contributed by atoms with van der Waals surface area (Å²) >= 11 is 0. The molecule has 1 heterocycles. The van der Waals surface area contributed by atoms with Crippen LogP contribution in [0.2, 0.25) is 0 Å². The van der Waals surface area contributed by atoms with Crippen molar-refractivity contribution in [2.24, 2.45) is 15.3 Å². The van der Waals surface area contributed by atoms with Gasteiger partial charge in [0.2, 0.25) is 0 Å². The minimum Gasteiger partial charge on any atom is -0.243 e. The van der Waals surface area contributed by atoms with Crippen LogP contribution in [0.4, 0.5) is 20.1 Å². The Morgan fingerprint density at radius 2 is 1.32 bits per heavy atom. The highest BCUT2D eigenvalue weighted by molar-refractivity contribution is 6.19. The molecule has 0 N–H and O–H groups in total. The lowest BCUT2D eigenvalue weighted by molar-refractivity contribution is 0.109. The summed E-state index contributed by atoms with van der Waals surface area (Å²) in [4.78, 5) is 69.1. The molecule has 0 radical (unpaired) electrons. The normalized spacial score (nSPS) is 19.6. The minimum absolute atomic E-state index is 0.101. The predicted octanol–water partition coefficient (Wildman–Crippen LogP) is 1.03. The van der Waals surface area contributed by atoms with Gasteiger partial charge in [-0.2, -0.15) is 0 Å². The van der Waals surface area contributed by atoms with Crippen molar-refractivity contribution in [2.75, 3.05) is 0 Å². The average Bonchev–Trinajstić information content (AvgIpc) is 2.60. The zero-order chi connectivity index (χ0) is 18.6. The van der Waals surface area contributed by atoms with Gasteiger partial charge in [0.05, 0.1) is 0 Å². The van der Waals surface area contributed by atoms with Gasteiger partial charge < -0.3 is 0 Å². The van der Waals surface area contributed by atoms with Crippen molar-refractivity contribution in [3.63, 3.8) is 0 Å². The number of isocyanates is 3. The molecule has 2 rings (SSSR count). The molecule has 6 amide bonds. The molecule has 1 aromatic carbocycles. The summed E-state index contributed by atoms with van der Waals surface area (Å²) in [6.45, 7) is 1.71. The Kier molecular flexibility index (Phi) is 4.55. The lowest BCUT2D eigenvalue weighted by atomic mass is 10.2. The van der Waals surface area contributed by atoms with Gasteiger partial charge in [0, 0.05) is 21.8 Å². The monoisotopic (exact) mass is 343 g/mol. The zero-order valence-electron chi connectivity index (χ0n) is 12.4. The highest BCUT2D eigenvalue weighted by Crippen LogP contribution is 2.32. The summed E-state index contributed by atoms with van der Waals surface area (Å²) < 4.78 is -1.79. The molecule has 0 atom stereocenters. The second-order valence-electron chi connectivity index (χ2n) is 4.52. The van der Waals surface area contributed by atoms with Gasteiger partial charge in [-0.3, -0.25) is 0 Å². The number of aryl methyl sites for hydroxylation is 1. The number of quaternary nitrogens is 1. The van der Waals surface area contributed by atoms with Gasteiger partial charge in [0.25, 0.3) is 18.2 Å². The molecule has 0 aromatic heterocycles. The summed E-state index contributed by atoms with van der Waals surface area (Å²) in [5, 5.41) is 8.74. The number of hydrazone groups is 2. The van der Waals surface area contributed by atoms with Crippen molar-refractivity contribution < 1.29 is 28.8 Å². The van der Waals surface area contributed by atoms with Gasteiger partial charge in [-0.1, -0.05) is 37.9 Å². The SMILES string of the molecule is Cc1ccc([N+]2(N=C=O)C(=O)N(N=C=O)C(=O)N(N=C=O)C2=O)cc1. The van der Waals surface area contributed by atoms with Crippen LogP contribution in [0.1, 0.15) is 5.56 Å². The molecule has 0 aliphatic carbocycles.